The molecule has 2 heteroatoms. The summed E-state index contributed by atoms with van der Waals surface area (Å²) in [5.41, 5.74) is 18.9. The third-order valence-corrected chi connectivity index (χ3v) is 13.1. The zero-order valence-corrected chi connectivity index (χ0v) is 34.6. The molecule has 0 atom stereocenters. The maximum absolute atomic E-state index is 2.50. The highest BCUT2D eigenvalue weighted by molar-refractivity contribution is 6.17. The standard InChI is InChI=1S/C61H42N2/c1-6-18-43(19-7-1)44-30-35-51(36-31-44)62(49-24-12-4-13-25-49)52-37-32-45(33-38-52)46-34-41-58-55(42-46)53-39-40-57-59(60(53)63(58)50-26-14-5-15-27-50)54-28-16-17-29-56(54)61(57,47-20-8-2-9-21-47)48-22-10-3-11-23-48/h1-42H. The summed E-state index contributed by atoms with van der Waals surface area (Å²) in [6, 6.07) is 93.0. The highest BCUT2D eigenvalue weighted by Gasteiger charge is 2.47. The Labute approximate surface area is 368 Å². The van der Waals surface area contributed by atoms with Crippen LogP contribution in [0.5, 0.6) is 0 Å². The summed E-state index contributed by atoms with van der Waals surface area (Å²) in [6.07, 6.45) is 0. The highest BCUT2D eigenvalue weighted by Crippen LogP contribution is 2.58. The number of para-hydroxylation sites is 2. The average molecular weight is 803 g/mol. The Morgan fingerprint density at radius 2 is 0.810 bits per heavy atom. The largest absolute Gasteiger partial charge is 0.311 e. The van der Waals surface area contributed by atoms with E-state index in [1.54, 1.807) is 0 Å². The molecule has 0 amide bonds. The lowest BCUT2D eigenvalue weighted by atomic mass is 9.67. The Morgan fingerprint density at radius 3 is 1.43 bits per heavy atom. The van der Waals surface area contributed by atoms with Crippen LogP contribution in [0.25, 0.3) is 60.9 Å². The van der Waals surface area contributed by atoms with Crippen molar-refractivity contribution >= 4 is 38.9 Å². The number of benzene rings is 10. The molecule has 0 radical (unpaired) electrons. The van der Waals surface area contributed by atoms with Crippen LogP contribution >= 0.6 is 0 Å². The first-order valence-corrected chi connectivity index (χ1v) is 21.8. The number of rotatable bonds is 8. The molecule has 0 N–H and O–H groups in total. The van der Waals surface area contributed by atoms with E-state index in [0.29, 0.717) is 0 Å². The molecule has 296 valence electrons. The van der Waals surface area contributed by atoms with Crippen molar-refractivity contribution in [1.82, 2.24) is 4.57 Å². The zero-order valence-electron chi connectivity index (χ0n) is 34.6. The highest BCUT2D eigenvalue weighted by atomic mass is 15.1. The Balaban J connectivity index is 1.02. The molecule has 63 heavy (non-hydrogen) atoms. The second-order valence-electron chi connectivity index (χ2n) is 16.4. The van der Waals surface area contributed by atoms with E-state index in [2.05, 4.69) is 264 Å². The van der Waals surface area contributed by atoms with Crippen LogP contribution in [-0.4, -0.2) is 4.57 Å². The Hall–Kier alpha value is -8.20. The van der Waals surface area contributed by atoms with Gasteiger partial charge >= 0.3 is 0 Å². The van der Waals surface area contributed by atoms with Gasteiger partial charge in [-0.15, -0.1) is 0 Å². The van der Waals surface area contributed by atoms with Gasteiger partial charge in [0.05, 0.1) is 16.4 Å². The quantitative estimate of drug-likeness (QED) is 0.149. The van der Waals surface area contributed by atoms with Crippen LogP contribution < -0.4 is 4.90 Å². The number of hydrogen-bond donors (Lipinski definition) is 0. The minimum Gasteiger partial charge on any atom is -0.311 e. The van der Waals surface area contributed by atoms with Crippen LogP contribution in [0, 0.1) is 0 Å². The first-order valence-electron chi connectivity index (χ1n) is 21.8. The lowest BCUT2D eigenvalue weighted by Gasteiger charge is -2.33. The smallest absolute Gasteiger partial charge is 0.0714 e. The second-order valence-corrected chi connectivity index (χ2v) is 16.4. The first kappa shape index (κ1) is 36.6. The summed E-state index contributed by atoms with van der Waals surface area (Å²) in [5.74, 6) is 0. The molecular formula is C61H42N2. The Bertz CT molecular complexity index is 3350. The third-order valence-electron chi connectivity index (χ3n) is 13.1. The fourth-order valence-electron chi connectivity index (χ4n) is 10.3. The normalized spacial score (nSPS) is 12.6. The van der Waals surface area contributed by atoms with Crippen molar-refractivity contribution in [3.05, 3.63) is 277 Å². The molecule has 0 fully saturated rings. The zero-order chi connectivity index (χ0) is 41.7. The topological polar surface area (TPSA) is 8.17 Å². The molecule has 12 rings (SSSR count). The van der Waals surface area contributed by atoms with Crippen LogP contribution in [0.2, 0.25) is 0 Å². The van der Waals surface area contributed by atoms with E-state index < -0.39 is 5.41 Å². The van der Waals surface area contributed by atoms with Gasteiger partial charge in [-0.25, -0.2) is 0 Å². The molecule has 0 aliphatic heterocycles. The molecule has 1 aromatic heterocycles. The summed E-state index contributed by atoms with van der Waals surface area (Å²) in [5, 5.41) is 2.48. The number of fused-ring (bicyclic) bond motifs is 7. The third kappa shape index (κ3) is 5.87. The first-order chi connectivity index (χ1) is 31.3. The maximum Gasteiger partial charge on any atom is 0.0714 e. The van der Waals surface area contributed by atoms with E-state index in [1.807, 2.05) is 0 Å². The van der Waals surface area contributed by atoms with Gasteiger partial charge in [0.2, 0.25) is 0 Å². The summed E-state index contributed by atoms with van der Waals surface area (Å²) in [6.45, 7) is 0. The van der Waals surface area contributed by atoms with Gasteiger partial charge in [-0.3, -0.25) is 0 Å². The van der Waals surface area contributed by atoms with Crippen molar-refractivity contribution in [1.29, 1.82) is 0 Å². The second kappa shape index (κ2) is 15.1. The van der Waals surface area contributed by atoms with E-state index in [9.17, 15) is 0 Å². The molecule has 0 bridgehead atoms. The van der Waals surface area contributed by atoms with Gasteiger partial charge in [0, 0.05) is 39.1 Å². The lowest BCUT2D eigenvalue weighted by Crippen LogP contribution is -2.28. The van der Waals surface area contributed by atoms with Crippen LogP contribution in [-0.2, 0) is 5.41 Å². The number of nitrogens with zero attached hydrogens (tertiary/aromatic N) is 2. The molecule has 0 spiro atoms. The van der Waals surface area contributed by atoms with Crippen molar-refractivity contribution < 1.29 is 0 Å². The van der Waals surface area contributed by atoms with E-state index in [4.69, 9.17) is 0 Å². The average Bonchev–Trinajstić information content (AvgIpc) is 3.86. The van der Waals surface area contributed by atoms with Crippen LogP contribution in [0.3, 0.4) is 0 Å². The molecular weight excluding hydrogens is 761 g/mol. The van der Waals surface area contributed by atoms with Gasteiger partial charge in [-0.05, 0) is 111 Å². The van der Waals surface area contributed by atoms with Crippen molar-refractivity contribution in [3.63, 3.8) is 0 Å². The summed E-state index contributed by atoms with van der Waals surface area (Å²) in [4.78, 5) is 2.33. The van der Waals surface area contributed by atoms with E-state index in [-0.39, 0.29) is 0 Å². The van der Waals surface area contributed by atoms with Crippen molar-refractivity contribution in [2.24, 2.45) is 0 Å². The molecule has 2 nitrogen and oxygen atoms in total. The van der Waals surface area contributed by atoms with Crippen molar-refractivity contribution in [2.75, 3.05) is 4.90 Å². The monoisotopic (exact) mass is 802 g/mol. The molecule has 11 aromatic rings. The van der Waals surface area contributed by atoms with Gasteiger partial charge in [0.15, 0.2) is 0 Å². The van der Waals surface area contributed by atoms with Gasteiger partial charge in [0.25, 0.3) is 0 Å². The minimum absolute atomic E-state index is 0.481. The summed E-state index contributed by atoms with van der Waals surface area (Å²) >= 11 is 0. The van der Waals surface area contributed by atoms with E-state index in [1.165, 1.54) is 77.4 Å². The number of aromatic nitrogens is 1. The summed E-state index contributed by atoms with van der Waals surface area (Å²) in [7, 11) is 0. The Kier molecular flexibility index (Phi) is 8.76. The molecule has 0 saturated heterocycles. The van der Waals surface area contributed by atoms with E-state index in [0.717, 1.165) is 22.7 Å². The molecule has 1 aliphatic rings. The van der Waals surface area contributed by atoms with Gasteiger partial charge in [-0.2, -0.15) is 0 Å². The van der Waals surface area contributed by atoms with Gasteiger partial charge in [-0.1, -0.05) is 194 Å². The molecule has 1 heterocycles. The van der Waals surface area contributed by atoms with Gasteiger partial charge < -0.3 is 9.47 Å². The number of anilines is 3. The lowest BCUT2D eigenvalue weighted by molar-refractivity contribution is 0.769. The van der Waals surface area contributed by atoms with E-state index >= 15 is 0 Å². The molecule has 0 saturated carbocycles. The molecule has 0 unspecified atom stereocenters. The van der Waals surface area contributed by atoms with Gasteiger partial charge in [0.1, 0.15) is 0 Å². The Morgan fingerprint density at radius 1 is 0.333 bits per heavy atom. The minimum atomic E-state index is -0.481. The SMILES string of the molecule is c1ccc(-c2ccc(N(c3ccccc3)c3ccc(-c4ccc5c(c4)c4ccc6c(c4n5-c4ccccc4)-c4ccccc4C6(c4ccccc4)c4ccccc4)cc3)cc2)cc1. The number of hydrogen-bond acceptors (Lipinski definition) is 1. The fraction of sp³-hybridized carbons (Fsp3) is 0.0164. The van der Waals surface area contributed by atoms with Crippen molar-refractivity contribution in [3.8, 4) is 39.1 Å². The molecule has 10 aromatic carbocycles. The maximum atomic E-state index is 2.50. The van der Waals surface area contributed by atoms with Crippen LogP contribution in [0.15, 0.2) is 255 Å². The molecule has 1 aliphatic carbocycles. The predicted octanol–water partition coefficient (Wildman–Crippen LogP) is 16.0. The fourth-order valence-corrected chi connectivity index (χ4v) is 10.3. The predicted molar refractivity (Wildman–Crippen MR) is 264 cm³/mol. The van der Waals surface area contributed by atoms with Crippen molar-refractivity contribution in [2.45, 2.75) is 5.41 Å². The summed E-state index contributed by atoms with van der Waals surface area (Å²) < 4.78 is 2.50. The van der Waals surface area contributed by atoms with Crippen LogP contribution in [0.4, 0.5) is 17.1 Å². The van der Waals surface area contributed by atoms with Crippen LogP contribution in [0.1, 0.15) is 22.3 Å².